The number of esters is 1. The van der Waals surface area contributed by atoms with Gasteiger partial charge >= 0.3 is 5.97 Å². The van der Waals surface area contributed by atoms with Crippen LogP contribution in [0.3, 0.4) is 0 Å². The van der Waals surface area contributed by atoms with E-state index in [0.717, 1.165) is 18.4 Å². The van der Waals surface area contributed by atoms with Crippen LogP contribution in [0.4, 0.5) is 0 Å². The van der Waals surface area contributed by atoms with E-state index in [1.807, 2.05) is 6.07 Å². The van der Waals surface area contributed by atoms with Crippen LogP contribution < -0.4 is 10.1 Å². The van der Waals surface area contributed by atoms with E-state index in [1.165, 1.54) is 6.08 Å². The number of benzene rings is 1. The molecule has 1 N–H and O–H groups in total. The van der Waals surface area contributed by atoms with Crippen LogP contribution in [0.5, 0.6) is 5.75 Å². The zero-order valence-corrected chi connectivity index (χ0v) is 13.7. The Hall–Kier alpha value is -2.81. The first-order chi connectivity index (χ1) is 11.5. The molecule has 0 aromatic heterocycles. The number of hydrogen-bond donors (Lipinski definition) is 1. The first kappa shape index (κ1) is 17.5. The van der Waals surface area contributed by atoms with Gasteiger partial charge in [-0.3, -0.25) is 4.79 Å². The number of ether oxygens (including phenoxy) is 2. The van der Waals surface area contributed by atoms with Crippen molar-refractivity contribution < 1.29 is 19.1 Å². The highest BCUT2D eigenvalue weighted by atomic mass is 16.5. The SMILES string of the molecule is COc1cccc(/C=C/C(=O)OCC(=O)N[C@@](C)(C#N)C2CC2)c1. The smallest absolute Gasteiger partial charge is 0.331 e. The Labute approximate surface area is 141 Å². The third kappa shape index (κ3) is 4.85. The number of carbonyl (C=O) groups excluding carboxylic acids is 2. The maximum absolute atomic E-state index is 11.8. The summed E-state index contributed by atoms with van der Waals surface area (Å²) in [6.45, 7) is 1.28. The fraction of sp³-hybridized carbons (Fsp3) is 0.389. The Morgan fingerprint density at radius 3 is 2.83 bits per heavy atom. The zero-order chi connectivity index (χ0) is 17.6. The maximum Gasteiger partial charge on any atom is 0.331 e. The molecular formula is C18H20N2O4. The molecule has 1 aliphatic carbocycles. The number of rotatable bonds is 7. The molecule has 1 amide bonds. The molecule has 6 heteroatoms. The van der Waals surface area contributed by atoms with Gasteiger partial charge in [0.1, 0.15) is 11.3 Å². The molecule has 1 atom stereocenters. The number of carbonyl (C=O) groups is 2. The van der Waals surface area contributed by atoms with Gasteiger partial charge in [0.2, 0.25) is 0 Å². The summed E-state index contributed by atoms with van der Waals surface area (Å²) in [6, 6.07) is 9.30. The van der Waals surface area contributed by atoms with E-state index in [9.17, 15) is 14.9 Å². The first-order valence-electron chi connectivity index (χ1n) is 7.68. The van der Waals surface area contributed by atoms with E-state index in [1.54, 1.807) is 38.3 Å². The molecular weight excluding hydrogens is 308 g/mol. The van der Waals surface area contributed by atoms with Crippen molar-refractivity contribution in [3.8, 4) is 11.8 Å². The topological polar surface area (TPSA) is 88.4 Å². The fourth-order valence-corrected chi connectivity index (χ4v) is 2.30. The molecule has 1 aromatic rings. The van der Waals surface area contributed by atoms with Crippen molar-refractivity contribution in [3.05, 3.63) is 35.9 Å². The van der Waals surface area contributed by atoms with Gasteiger partial charge in [-0.25, -0.2) is 4.79 Å². The summed E-state index contributed by atoms with van der Waals surface area (Å²) < 4.78 is 9.99. The van der Waals surface area contributed by atoms with Gasteiger partial charge in [-0.05, 0) is 49.5 Å². The predicted octanol–water partition coefficient (Wildman–Crippen LogP) is 2.06. The van der Waals surface area contributed by atoms with Crippen molar-refractivity contribution in [1.82, 2.24) is 5.32 Å². The summed E-state index contributed by atoms with van der Waals surface area (Å²) in [5, 5.41) is 11.8. The van der Waals surface area contributed by atoms with Crippen LogP contribution in [0, 0.1) is 17.2 Å². The van der Waals surface area contributed by atoms with Crippen molar-refractivity contribution in [2.45, 2.75) is 25.3 Å². The highest BCUT2D eigenvalue weighted by molar-refractivity contribution is 5.89. The summed E-state index contributed by atoms with van der Waals surface area (Å²) in [7, 11) is 1.56. The van der Waals surface area contributed by atoms with Crippen LogP contribution >= 0.6 is 0 Å². The molecule has 0 radical (unpaired) electrons. The standard InChI is InChI=1S/C18H20N2O4/c1-18(12-19,14-7-8-14)20-16(21)11-24-17(22)9-6-13-4-3-5-15(10-13)23-2/h3-6,9-10,14H,7-8,11H2,1-2H3,(H,20,21)/b9-6+/t18-/m0/s1. The minimum absolute atomic E-state index is 0.176. The number of nitrogens with zero attached hydrogens (tertiary/aromatic N) is 1. The van der Waals surface area contributed by atoms with Crippen LogP contribution in [0.1, 0.15) is 25.3 Å². The quantitative estimate of drug-likeness (QED) is 0.611. The highest BCUT2D eigenvalue weighted by Crippen LogP contribution is 2.39. The van der Waals surface area contributed by atoms with Crippen LogP contribution in [0.2, 0.25) is 0 Å². The lowest BCUT2D eigenvalue weighted by atomic mass is 9.98. The number of nitrogens with one attached hydrogen (secondary N) is 1. The van der Waals surface area contributed by atoms with Crippen LogP contribution in [0.25, 0.3) is 6.08 Å². The molecule has 0 heterocycles. The van der Waals surface area contributed by atoms with Gasteiger partial charge in [-0.1, -0.05) is 12.1 Å². The second kappa shape index (κ2) is 7.64. The molecule has 2 rings (SSSR count). The molecule has 0 saturated heterocycles. The third-order valence-corrected chi connectivity index (χ3v) is 3.88. The van der Waals surface area contributed by atoms with E-state index in [2.05, 4.69) is 11.4 Å². The predicted molar refractivity (Wildman–Crippen MR) is 87.9 cm³/mol. The maximum atomic E-state index is 11.8. The molecule has 6 nitrogen and oxygen atoms in total. The normalized spacial score (nSPS) is 16.0. The second-order valence-corrected chi connectivity index (χ2v) is 5.85. The van der Waals surface area contributed by atoms with Crippen LogP contribution in [0.15, 0.2) is 30.3 Å². The highest BCUT2D eigenvalue weighted by Gasteiger charge is 2.43. The Morgan fingerprint density at radius 2 is 2.21 bits per heavy atom. The van der Waals surface area contributed by atoms with E-state index < -0.39 is 24.0 Å². The van der Waals surface area contributed by atoms with E-state index in [-0.39, 0.29) is 5.92 Å². The van der Waals surface area contributed by atoms with Crippen molar-refractivity contribution in [3.63, 3.8) is 0 Å². The Kier molecular flexibility index (Phi) is 5.59. The molecule has 1 saturated carbocycles. The lowest BCUT2D eigenvalue weighted by molar-refractivity contribution is -0.144. The molecule has 0 aliphatic heterocycles. The van der Waals surface area contributed by atoms with Gasteiger partial charge in [0.25, 0.3) is 5.91 Å². The van der Waals surface area contributed by atoms with Crippen LogP contribution in [-0.4, -0.2) is 31.1 Å². The van der Waals surface area contributed by atoms with Gasteiger partial charge < -0.3 is 14.8 Å². The molecule has 1 fully saturated rings. The fourth-order valence-electron chi connectivity index (χ4n) is 2.30. The summed E-state index contributed by atoms with van der Waals surface area (Å²) in [5.41, 5.74) is -0.110. The lowest BCUT2D eigenvalue weighted by Crippen LogP contribution is -2.48. The minimum Gasteiger partial charge on any atom is -0.497 e. The van der Waals surface area contributed by atoms with Gasteiger partial charge in [0.15, 0.2) is 6.61 Å². The number of methoxy groups -OCH3 is 1. The lowest BCUT2D eigenvalue weighted by Gasteiger charge is -2.22. The van der Waals surface area contributed by atoms with Gasteiger partial charge in [0.05, 0.1) is 13.2 Å². The Morgan fingerprint density at radius 1 is 1.46 bits per heavy atom. The minimum atomic E-state index is -0.889. The van der Waals surface area contributed by atoms with Crippen LogP contribution in [-0.2, 0) is 14.3 Å². The molecule has 0 unspecified atom stereocenters. The van der Waals surface area contributed by atoms with Gasteiger partial charge in [-0.15, -0.1) is 0 Å². The van der Waals surface area contributed by atoms with E-state index in [4.69, 9.17) is 9.47 Å². The van der Waals surface area contributed by atoms with Crippen molar-refractivity contribution in [1.29, 1.82) is 5.26 Å². The summed E-state index contributed by atoms with van der Waals surface area (Å²) in [4.78, 5) is 23.5. The summed E-state index contributed by atoms with van der Waals surface area (Å²) >= 11 is 0. The molecule has 0 bridgehead atoms. The average molecular weight is 328 g/mol. The average Bonchev–Trinajstić information content (AvgIpc) is 3.43. The molecule has 126 valence electrons. The number of nitriles is 1. The van der Waals surface area contributed by atoms with Crippen molar-refractivity contribution >= 4 is 18.0 Å². The van der Waals surface area contributed by atoms with Crippen molar-refractivity contribution in [2.75, 3.05) is 13.7 Å². The van der Waals surface area contributed by atoms with Gasteiger partial charge in [-0.2, -0.15) is 5.26 Å². The number of amides is 1. The van der Waals surface area contributed by atoms with Gasteiger partial charge in [0, 0.05) is 6.08 Å². The molecule has 24 heavy (non-hydrogen) atoms. The summed E-state index contributed by atoms with van der Waals surface area (Å²) in [6.07, 6.45) is 4.67. The summed E-state index contributed by atoms with van der Waals surface area (Å²) in [5.74, 6) is -0.247. The molecule has 0 spiro atoms. The van der Waals surface area contributed by atoms with E-state index >= 15 is 0 Å². The number of hydrogen-bond acceptors (Lipinski definition) is 5. The Balaban J connectivity index is 1.81. The monoisotopic (exact) mass is 328 g/mol. The molecule has 1 aromatic carbocycles. The second-order valence-electron chi connectivity index (χ2n) is 5.85. The van der Waals surface area contributed by atoms with E-state index in [0.29, 0.717) is 5.75 Å². The Bertz CT molecular complexity index is 689. The largest absolute Gasteiger partial charge is 0.497 e. The zero-order valence-electron chi connectivity index (χ0n) is 13.7. The third-order valence-electron chi connectivity index (χ3n) is 3.88. The first-order valence-corrected chi connectivity index (χ1v) is 7.68. The molecule has 1 aliphatic rings. The van der Waals surface area contributed by atoms with Crippen molar-refractivity contribution in [2.24, 2.45) is 5.92 Å².